The first-order valence-corrected chi connectivity index (χ1v) is 6.44. The summed E-state index contributed by atoms with van der Waals surface area (Å²) in [6.45, 7) is 2.49. The number of halogens is 1. The van der Waals surface area contributed by atoms with Gasteiger partial charge in [0.2, 0.25) is 5.91 Å². The van der Waals surface area contributed by atoms with E-state index in [2.05, 4.69) is 10.6 Å². The lowest BCUT2D eigenvalue weighted by molar-refractivity contribution is -0.121. The summed E-state index contributed by atoms with van der Waals surface area (Å²) in [5.74, 6) is -0.319. The van der Waals surface area contributed by atoms with E-state index in [1.165, 1.54) is 18.9 Å². The van der Waals surface area contributed by atoms with Crippen LogP contribution in [0.15, 0.2) is 24.3 Å². The van der Waals surface area contributed by atoms with Gasteiger partial charge in [0.1, 0.15) is 5.82 Å². The maximum absolute atomic E-state index is 13.5. The van der Waals surface area contributed by atoms with Crippen LogP contribution in [0.3, 0.4) is 0 Å². The van der Waals surface area contributed by atoms with E-state index >= 15 is 0 Å². The zero-order valence-corrected chi connectivity index (χ0v) is 10.6. The van der Waals surface area contributed by atoms with Crippen molar-refractivity contribution in [3.63, 3.8) is 0 Å². The lowest BCUT2D eigenvalue weighted by Gasteiger charge is -2.15. The smallest absolute Gasteiger partial charge is 0.221 e. The zero-order chi connectivity index (χ0) is 13.0. The Morgan fingerprint density at radius 2 is 2.17 bits per heavy atom. The molecule has 0 heterocycles. The van der Waals surface area contributed by atoms with Gasteiger partial charge in [0.05, 0.1) is 6.04 Å². The SMILES string of the molecule is CC(NC(=O)CCNC1CC1)c1ccccc1F. The Hall–Kier alpha value is -1.42. The van der Waals surface area contributed by atoms with E-state index in [0.717, 1.165) is 0 Å². The van der Waals surface area contributed by atoms with E-state index < -0.39 is 0 Å². The molecule has 0 radical (unpaired) electrons. The fourth-order valence-corrected chi connectivity index (χ4v) is 1.89. The van der Waals surface area contributed by atoms with Crippen molar-refractivity contribution in [2.45, 2.75) is 38.3 Å². The molecule has 0 aromatic heterocycles. The number of benzene rings is 1. The molecule has 1 amide bonds. The Kier molecular flexibility index (Phi) is 4.31. The van der Waals surface area contributed by atoms with Gasteiger partial charge in [0.25, 0.3) is 0 Å². The van der Waals surface area contributed by atoms with Crippen molar-refractivity contribution in [3.8, 4) is 0 Å². The second kappa shape index (κ2) is 5.96. The first kappa shape index (κ1) is 13.0. The highest BCUT2D eigenvalue weighted by molar-refractivity contribution is 5.76. The van der Waals surface area contributed by atoms with Crippen molar-refractivity contribution in [2.24, 2.45) is 0 Å². The fraction of sp³-hybridized carbons (Fsp3) is 0.500. The summed E-state index contributed by atoms with van der Waals surface area (Å²) < 4.78 is 13.5. The lowest BCUT2D eigenvalue weighted by atomic mass is 10.1. The molecule has 98 valence electrons. The fourth-order valence-electron chi connectivity index (χ4n) is 1.89. The Labute approximate surface area is 107 Å². The summed E-state index contributed by atoms with van der Waals surface area (Å²) in [6, 6.07) is 6.85. The molecule has 1 fully saturated rings. The molecule has 18 heavy (non-hydrogen) atoms. The summed E-state index contributed by atoms with van der Waals surface area (Å²) in [5, 5.41) is 6.09. The van der Waals surface area contributed by atoms with Crippen LogP contribution < -0.4 is 10.6 Å². The first-order valence-electron chi connectivity index (χ1n) is 6.44. The third-order valence-corrected chi connectivity index (χ3v) is 3.11. The Morgan fingerprint density at radius 1 is 1.44 bits per heavy atom. The molecule has 0 aliphatic heterocycles. The van der Waals surface area contributed by atoms with Gasteiger partial charge < -0.3 is 10.6 Å². The normalized spacial score (nSPS) is 16.3. The predicted octanol–water partition coefficient (Wildman–Crippen LogP) is 2.14. The van der Waals surface area contributed by atoms with Crippen molar-refractivity contribution in [1.29, 1.82) is 0 Å². The van der Waals surface area contributed by atoms with Gasteiger partial charge in [-0.05, 0) is 25.8 Å². The van der Waals surface area contributed by atoms with E-state index in [0.29, 0.717) is 24.6 Å². The van der Waals surface area contributed by atoms with Gasteiger partial charge in [-0.25, -0.2) is 4.39 Å². The molecule has 1 aliphatic rings. The minimum absolute atomic E-state index is 0.0427. The molecule has 0 saturated heterocycles. The van der Waals surface area contributed by atoms with E-state index in [9.17, 15) is 9.18 Å². The van der Waals surface area contributed by atoms with E-state index in [-0.39, 0.29) is 17.8 Å². The zero-order valence-electron chi connectivity index (χ0n) is 10.6. The third-order valence-electron chi connectivity index (χ3n) is 3.11. The topological polar surface area (TPSA) is 41.1 Å². The summed E-state index contributed by atoms with van der Waals surface area (Å²) in [6.07, 6.45) is 2.87. The number of hydrogen-bond acceptors (Lipinski definition) is 2. The maximum atomic E-state index is 13.5. The molecule has 0 bridgehead atoms. The first-order chi connectivity index (χ1) is 8.66. The molecule has 2 N–H and O–H groups in total. The average Bonchev–Trinajstić information content (AvgIpc) is 3.13. The second-order valence-electron chi connectivity index (χ2n) is 4.79. The van der Waals surface area contributed by atoms with E-state index in [4.69, 9.17) is 0 Å². The number of amides is 1. The number of hydrogen-bond donors (Lipinski definition) is 2. The van der Waals surface area contributed by atoms with Crippen LogP contribution in [0.4, 0.5) is 4.39 Å². The molecular formula is C14H19FN2O. The second-order valence-corrected chi connectivity index (χ2v) is 4.79. The Balaban J connectivity index is 1.77. The van der Waals surface area contributed by atoms with Crippen LogP contribution in [0.2, 0.25) is 0 Å². The van der Waals surface area contributed by atoms with Crippen LogP contribution >= 0.6 is 0 Å². The minimum atomic E-state index is -0.292. The molecular weight excluding hydrogens is 231 g/mol. The van der Waals surface area contributed by atoms with E-state index in [1.807, 2.05) is 0 Å². The summed E-state index contributed by atoms with van der Waals surface area (Å²) in [4.78, 5) is 11.7. The monoisotopic (exact) mass is 250 g/mol. The summed E-state index contributed by atoms with van der Waals surface area (Å²) >= 11 is 0. The largest absolute Gasteiger partial charge is 0.349 e. The number of carbonyl (C=O) groups excluding carboxylic acids is 1. The summed E-state index contributed by atoms with van der Waals surface area (Å²) in [7, 11) is 0. The molecule has 1 atom stereocenters. The van der Waals surface area contributed by atoms with Crippen LogP contribution in [0, 0.1) is 5.82 Å². The number of nitrogens with one attached hydrogen (secondary N) is 2. The van der Waals surface area contributed by atoms with Gasteiger partial charge >= 0.3 is 0 Å². The predicted molar refractivity (Wildman–Crippen MR) is 68.6 cm³/mol. The molecule has 1 unspecified atom stereocenters. The molecule has 4 heteroatoms. The summed E-state index contributed by atoms with van der Waals surface area (Å²) in [5.41, 5.74) is 0.529. The van der Waals surface area contributed by atoms with Crippen LogP contribution in [0.1, 0.15) is 37.8 Å². The van der Waals surface area contributed by atoms with Crippen molar-refractivity contribution >= 4 is 5.91 Å². The van der Waals surface area contributed by atoms with Crippen LogP contribution in [0.5, 0.6) is 0 Å². The lowest BCUT2D eigenvalue weighted by Crippen LogP contribution is -2.30. The van der Waals surface area contributed by atoms with Gasteiger partial charge in [0, 0.05) is 24.6 Å². The number of carbonyl (C=O) groups is 1. The van der Waals surface area contributed by atoms with Crippen molar-refractivity contribution < 1.29 is 9.18 Å². The van der Waals surface area contributed by atoms with Crippen LogP contribution in [-0.4, -0.2) is 18.5 Å². The molecule has 1 saturated carbocycles. The number of rotatable bonds is 6. The highest BCUT2D eigenvalue weighted by Crippen LogP contribution is 2.18. The third kappa shape index (κ3) is 3.81. The Bertz CT molecular complexity index is 418. The molecule has 1 aliphatic carbocycles. The van der Waals surface area contributed by atoms with Crippen molar-refractivity contribution in [2.75, 3.05) is 6.54 Å². The van der Waals surface area contributed by atoms with Gasteiger partial charge in [-0.2, -0.15) is 0 Å². The van der Waals surface area contributed by atoms with Gasteiger partial charge in [-0.3, -0.25) is 4.79 Å². The highest BCUT2D eigenvalue weighted by Gasteiger charge is 2.20. The molecule has 0 spiro atoms. The standard InChI is InChI=1S/C14H19FN2O/c1-10(12-4-2-3-5-13(12)15)17-14(18)8-9-16-11-6-7-11/h2-5,10-11,16H,6-9H2,1H3,(H,17,18). The molecule has 1 aromatic rings. The maximum Gasteiger partial charge on any atom is 0.221 e. The quantitative estimate of drug-likeness (QED) is 0.812. The minimum Gasteiger partial charge on any atom is -0.349 e. The van der Waals surface area contributed by atoms with Gasteiger partial charge in [-0.15, -0.1) is 0 Å². The van der Waals surface area contributed by atoms with Crippen LogP contribution in [0.25, 0.3) is 0 Å². The van der Waals surface area contributed by atoms with Gasteiger partial charge in [-0.1, -0.05) is 18.2 Å². The van der Waals surface area contributed by atoms with Gasteiger partial charge in [0.15, 0.2) is 0 Å². The van der Waals surface area contributed by atoms with Crippen molar-refractivity contribution in [1.82, 2.24) is 10.6 Å². The van der Waals surface area contributed by atoms with E-state index in [1.54, 1.807) is 25.1 Å². The highest BCUT2D eigenvalue weighted by atomic mass is 19.1. The molecule has 1 aromatic carbocycles. The van der Waals surface area contributed by atoms with Crippen molar-refractivity contribution in [3.05, 3.63) is 35.6 Å². The molecule has 3 nitrogen and oxygen atoms in total. The average molecular weight is 250 g/mol. The Morgan fingerprint density at radius 3 is 2.83 bits per heavy atom. The molecule has 2 rings (SSSR count). The van der Waals surface area contributed by atoms with Crippen LogP contribution in [-0.2, 0) is 4.79 Å².